The highest BCUT2D eigenvalue weighted by Gasteiger charge is 2.31. The van der Waals surface area contributed by atoms with Crippen LogP contribution in [0.5, 0.6) is 0 Å². The first kappa shape index (κ1) is 13.3. The third-order valence-corrected chi connectivity index (χ3v) is 5.49. The van der Waals surface area contributed by atoms with Gasteiger partial charge in [0, 0.05) is 22.5 Å². The minimum atomic E-state index is -3.33. The maximum absolute atomic E-state index is 11.5. The van der Waals surface area contributed by atoms with Gasteiger partial charge in [-0.25, -0.2) is 8.42 Å². The molecule has 0 amide bonds. The van der Waals surface area contributed by atoms with Crippen molar-refractivity contribution in [1.29, 1.82) is 0 Å². The number of fused-ring (bicyclic) bond motifs is 1. The number of rotatable bonds is 1. The van der Waals surface area contributed by atoms with Gasteiger partial charge in [0.1, 0.15) is 0 Å². The highest BCUT2D eigenvalue weighted by Crippen LogP contribution is 2.38. The summed E-state index contributed by atoms with van der Waals surface area (Å²) in [6.45, 7) is 0.378. The fourth-order valence-electron chi connectivity index (χ4n) is 1.90. The smallest absolute Gasteiger partial charge is 0.257 e. The summed E-state index contributed by atoms with van der Waals surface area (Å²) >= 11 is 13.4. The number of sulfonamides is 1. The van der Waals surface area contributed by atoms with Crippen molar-refractivity contribution in [3.8, 4) is 0 Å². The van der Waals surface area contributed by atoms with E-state index in [2.05, 4.69) is 4.40 Å². The van der Waals surface area contributed by atoms with Crippen LogP contribution in [-0.4, -0.2) is 30.8 Å². The van der Waals surface area contributed by atoms with Crippen molar-refractivity contribution in [3.05, 3.63) is 39.2 Å². The van der Waals surface area contributed by atoms with E-state index in [1.165, 1.54) is 11.8 Å². The average molecular weight is 335 g/mol. The lowest BCUT2D eigenvalue weighted by Crippen LogP contribution is -2.34. The van der Waals surface area contributed by atoms with Crippen molar-refractivity contribution in [3.63, 3.8) is 0 Å². The summed E-state index contributed by atoms with van der Waals surface area (Å²) in [5, 5.41) is 3.47. The van der Waals surface area contributed by atoms with Gasteiger partial charge in [-0.1, -0.05) is 35.0 Å². The first-order valence-electron chi connectivity index (χ1n) is 5.39. The van der Waals surface area contributed by atoms with Crippen LogP contribution in [0.3, 0.4) is 0 Å². The van der Waals surface area contributed by atoms with Crippen molar-refractivity contribution >= 4 is 55.9 Å². The second-order valence-corrected chi connectivity index (χ2v) is 7.49. The number of nitrogens with zero attached hydrogens (tertiary/aromatic N) is 2. The summed E-state index contributed by atoms with van der Waals surface area (Å²) in [4.78, 5) is 1.85. The van der Waals surface area contributed by atoms with Crippen LogP contribution in [0.15, 0.2) is 28.0 Å². The molecule has 0 radical (unpaired) electrons. The molecule has 1 aromatic rings. The van der Waals surface area contributed by atoms with Crippen LogP contribution in [0.2, 0.25) is 10.0 Å². The predicted octanol–water partition coefficient (Wildman–Crippen LogP) is 3.04. The normalized spacial score (nSPS) is 20.8. The Balaban J connectivity index is 2.03. The summed E-state index contributed by atoms with van der Waals surface area (Å²) in [5.74, 6) is 0.00653. The van der Waals surface area contributed by atoms with Gasteiger partial charge >= 0.3 is 0 Å². The molecular weight excluding hydrogens is 327 g/mol. The molecule has 2 aliphatic rings. The van der Waals surface area contributed by atoms with E-state index < -0.39 is 10.0 Å². The zero-order chi connectivity index (χ0) is 13.6. The highest BCUT2D eigenvalue weighted by molar-refractivity contribution is 8.17. The number of amidine groups is 1. The molecule has 0 unspecified atom stereocenters. The molecular formula is C11H8Cl2N2O2S2. The van der Waals surface area contributed by atoms with Crippen molar-refractivity contribution in [1.82, 2.24) is 4.90 Å². The number of hydrogen-bond donors (Lipinski definition) is 0. The van der Waals surface area contributed by atoms with Crippen LogP contribution in [0.25, 0.3) is 5.70 Å². The van der Waals surface area contributed by atoms with Crippen molar-refractivity contribution < 1.29 is 8.42 Å². The number of thioether (sulfide) groups is 1. The van der Waals surface area contributed by atoms with Crippen LogP contribution in [0.1, 0.15) is 5.56 Å². The molecule has 8 heteroatoms. The number of halogens is 2. The molecule has 3 rings (SSSR count). The lowest BCUT2D eigenvalue weighted by molar-refractivity contribution is 0.567. The summed E-state index contributed by atoms with van der Waals surface area (Å²) in [6, 6.07) is 5.20. The van der Waals surface area contributed by atoms with Gasteiger partial charge in [-0.2, -0.15) is 0 Å². The quantitative estimate of drug-likeness (QED) is 0.792. The number of benzene rings is 1. The SMILES string of the molecule is O=S1(=O)CCN2C(c3cc(Cl)ccc3Cl)=CSC2=N1. The van der Waals surface area contributed by atoms with Crippen molar-refractivity contribution in [2.75, 3.05) is 12.3 Å². The van der Waals surface area contributed by atoms with E-state index >= 15 is 0 Å². The molecule has 0 aliphatic carbocycles. The molecule has 0 N–H and O–H groups in total. The lowest BCUT2D eigenvalue weighted by Gasteiger charge is -2.25. The fraction of sp³-hybridized carbons (Fsp3) is 0.182. The second-order valence-electron chi connectivity index (χ2n) is 4.06. The molecule has 2 heterocycles. The zero-order valence-corrected chi connectivity index (χ0v) is 12.7. The summed E-state index contributed by atoms with van der Waals surface area (Å²) in [5.41, 5.74) is 1.62. The van der Waals surface area contributed by atoms with E-state index in [4.69, 9.17) is 23.2 Å². The average Bonchev–Trinajstić information content (AvgIpc) is 2.73. The standard InChI is InChI=1S/C11H8Cl2N2O2S2/c12-7-1-2-9(13)8(5-7)10-6-18-11-14-19(16,17)4-3-15(10)11/h1-2,5-6H,3-4H2. The third-order valence-electron chi connectivity index (χ3n) is 2.79. The van der Waals surface area contributed by atoms with E-state index in [1.807, 2.05) is 10.3 Å². The summed E-state index contributed by atoms with van der Waals surface area (Å²) in [6.07, 6.45) is 0. The molecule has 0 saturated heterocycles. The second kappa shape index (κ2) is 4.70. The van der Waals surface area contributed by atoms with Crippen LogP contribution < -0.4 is 0 Å². The minimum absolute atomic E-state index is 0.00653. The molecule has 19 heavy (non-hydrogen) atoms. The van der Waals surface area contributed by atoms with E-state index in [0.29, 0.717) is 21.8 Å². The van der Waals surface area contributed by atoms with Gasteiger partial charge in [-0.05, 0) is 18.2 Å². The molecule has 0 saturated carbocycles. The molecule has 2 aliphatic heterocycles. The summed E-state index contributed by atoms with van der Waals surface area (Å²) in [7, 11) is -3.33. The predicted molar refractivity (Wildman–Crippen MR) is 80.0 cm³/mol. The molecule has 0 spiro atoms. The van der Waals surface area contributed by atoms with Gasteiger partial charge in [0.25, 0.3) is 10.0 Å². The topological polar surface area (TPSA) is 49.7 Å². The first-order valence-corrected chi connectivity index (χ1v) is 8.63. The van der Waals surface area contributed by atoms with Gasteiger partial charge in [0.05, 0.1) is 16.5 Å². The van der Waals surface area contributed by atoms with Crippen molar-refractivity contribution in [2.24, 2.45) is 4.40 Å². The van der Waals surface area contributed by atoms with Crippen LogP contribution in [0.4, 0.5) is 0 Å². The molecule has 4 nitrogen and oxygen atoms in total. The Labute approximate surface area is 125 Å². The monoisotopic (exact) mass is 334 g/mol. The Morgan fingerprint density at radius 3 is 2.89 bits per heavy atom. The van der Waals surface area contributed by atoms with Gasteiger partial charge < -0.3 is 4.90 Å². The van der Waals surface area contributed by atoms with E-state index in [1.54, 1.807) is 18.2 Å². The van der Waals surface area contributed by atoms with Gasteiger partial charge in [0.15, 0.2) is 5.17 Å². The molecule has 0 fully saturated rings. The highest BCUT2D eigenvalue weighted by atomic mass is 35.5. The van der Waals surface area contributed by atoms with Crippen LogP contribution in [0, 0.1) is 0 Å². The molecule has 100 valence electrons. The fourth-order valence-corrected chi connectivity index (χ4v) is 4.43. The summed E-state index contributed by atoms with van der Waals surface area (Å²) < 4.78 is 26.7. The molecule has 0 bridgehead atoms. The van der Waals surface area contributed by atoms with E-state index in [0.717, 1.165) is 11.3 Å². The zero-order valence-electron chi connectivity index (χ0n) is 9.51. The van der Waals surface area contributed by atoms with Crippen LogP contribution in [-0.2, 0) is 10.0 Å². The Morgan fingerprint density at radius 1 is 1.32 bits per heavy atom. The largest absolute Gasteiger partial charge is 0.318 e. The van der Waals surface area contributed by atoms with E-state index in [-0.39, 0.29) is 5.75 Å². The maximum Gasteiger partial charge on any atom is 0.257 e. The number of hydrogen-bond acceptors (Lipinski definition) is 4. The first-order chi connectivity index (χ1) is 8.96. The molecule has 0 aromatic heterocycles. The molecule has 0 atom stereocenters. The third kappa shape index (κ3) is 2.50. The Bertz CT molecular complexity index is 713. The van der Waals surface area contributed by atoms with Gasteiger partial charge in [0.2, 0.25) is 0 Å². The van der Waals surface area contributed by atoms with Gasteiger partial charge in [-0.15, -0.1) is 4.40 Å². The Morgan fingerprint density at radius 2 is 2.11 bits per heavy atom. The van der Waals surface area contributed by atoms with Crippen molar-refractivity contribution in [2.45, 2.75) is 0 Å². The Kier molecular flexibility index (Phi) is 3.29. The van der Waals surface area contributed by atoms with E-state index in [9.17, 15) is 8.42 Å². The van der Waals surface area contributed by atoms with Crippen LogP contribution >= 0.6 is 35.0 Å². The minimum Gasteiger partial charge on any atom is -0.318 e. The van der Waals surface area contributed by atoms with Gasteiger partial charge in [-0.3, -0.25) is 0 Å². The molecule has 1 aromatic carbocycles. The lowest BCUT2D eigenvalue weighted by atomic mass is 10.1. The Hall–Kier alpha value is -0.690. The maximum atomic E-state index is 11.5.